The maximum Gasteiger partial charge on any atom is 0.0705 e. The van der Waals surface area contributed by atoms with Crippen LogP contribution in [-0.4, -0.2) is 32.3 Å². The van der Waals surface area contributed by atoms with E-state index in [1.54, 1.807) is 7.11 Å². The van der Waals surface area contributed by atoms with Gasteiger partial charge in [0, 0.05) is 19.7 Å². The van der Waals surface area contributed by atoms with Crippen LogP contribution in [0.25, 0.3) is 0 Å². The number of methoxy groups -OCH3 is 1. The summed E-state index contributed by atoms with van der Waals surface area (Å²) in [6.07, 6.45) is 6.45. The predicted molar refractivity (Wildman–Crippen MR) is 66.1 cm³/mol. The molecule has 0 aromatic carbocycles. The molecule has 0 radical (unpaired) electrons. The van der Waals surface area contributed by atoms with Gasteiger partial charge in [0.05, 0.1) is 6.10 Å². The van der Waals surface area contributed by atoms with E-state index in [2.05, 4.69) is 19.2 Å². The Kier molecular flexibility index (Phi) is 10.3. The van der Waals surface area contributed by atoms with E-state index in [1.165, 1.54) is 25.7 Å². The second kappa shape index (κ2) is 10.4. The van der Waals surface area contributed by atoms with Crippen LogP contribution in [0, 0.1) is 0 Å². The van der Waals surface area contributed by atoms with Crippen LogP contribution in [0.3, 0.4) is 0 Å². The molecule has 2 unspecified atom stereocenters. The summed E-state index contributed by atoms with van der Waals surface area (Å²) in [6, 6.07) is 0.617. The molecular weight excluding hydrogens is 188 g/mol. The van der Waals surface area contributed by atoms with Gasteiger partial charge in [-0.3, -0.25) is 0 Å². The van der Waals surface area contributed by atoms with Gasteiger partial charge in [0.15, 0.2) is 0 Å². The second-order valence-corrected chi connectivity index (χ2v) is 4.23. The Labute approximate surface area is 94.8 Å². The largest absolute Gasteiger partial charge is 0.380 e. The van der Waals surface area contributed by atoms with E-state index < -0.39 is 0 Å². The maximum atomic E-state index is 5.55. The molecule has 0 aliphatic heterocycles. The van der Waals surface area contributed by atoms with E-state index >= 15 is 0 Å². The minimum atomic E-state index is 0.209. The normalized spacial score (nSPS) is 15.2. The van der Waals surface area contributed by atoms with Gasteiger partial charge in [-0.2, -0.15) is 0 Å². The fraction of sp³-hybridized carbons (Fsp3) is 1.00. The Morgan fingerprint density at radius 2 is 2.00 bits per heavy atom. The van der Waals surface area contributed by atoms with Crippen LogP contribution in [0.2, 0.25) is 0 Å². The van der Waals surface area contributed by atoms with Crippen molar-refractivity contribution in [2.24, 2.45) is 5.73 Å². The van der Waals surface area contributed by atoms with Crippen molar-refractivity contribution in [2.75, 3.05) is 20.2 Å². The summed E-state index contributed by atoms with van der Waals surface area (Å²) in [6.45, 7) is 6.10. The number of ether oxygens (including phenoxy) is 1. The van der Waals surface area contributed by atoms with Crippen LogP contribution < -0.4 is 11.1 Å². The molecule has 0 fully saturated rings. The average molecular weight is 216 g/mol. The molecular formula is C12H28N2O. The van der Waals surface area contributed by atoms with Gasteiger partial charge in [0.2, 0.25) is 0 Å². The first kappa shape index (κ1) is 14.9. The van der Waals surface area contributed by atoms with Crippen molar-refractivity contribution in [3.05, 3.63) is 0 Å². The number of hydrogen-bond acceptors (Lipinski definition) is 3. The summed E-state index contributed by atoms with van der Waals surface area (Å²) in [5.74, 6) is 0. The standard InChI is InChI=1S/C12H28N2O/c1-4-5-6-7-11(2)14-9-8-12(10-13)15-3/h11-12,14H,4-10,13H2,1-3H3. The summed E-state index contributed by atoms with van der Waals surface area (Å²) < 4.78 is 5.21. The van der Waals surface area contributed by atoms with Crippen LogP contribution in [0.1, 0.15) is 46.0 Å². The molecule has 3 N–H and O–H groups in total. The SMILES string of the molecule is CCCCCC(C)NCCC(CN)OC. The zero-order valence-corrected chi connectivity index (χ0v) is 10.6. The lowest BCUT2D eigenvalue weighted by molar-refractivity contribution is 0.101. The van der Waals surface area contributed by atoms with E-state index in [-0.39, 0.29) is 6.10 Å². The Morgan fingerprint density at radius 1 is 1.27 bits per heavy atom. The fourth-order valence-corrected chi connectivity index (χ4v) is 1.63. The maximum absolute atomic E-state index is 5.55. The van der Waals surface area contributed by atoms with Crippen LogP contribution in [0.5, 0.6) is 0 Å². The lowest BCUT2D eigenvalue weighted by Crippen LogP contribution is -2.32. The number of nitrogens with one attached hydrogen (secondary N) is 1. The van der Waals surface area contributed by atoms with E-state index in [9.17, 15) is 0 Å². The lowest BCUT2D eigenvalue weighted by Gasteiger charge is -2.16. The molecule has 3 heteroatoms. The molecule has 0 heterocycles. The van der Waals surface area contributed by atoms with Gasteiger partial charge in [0.1, 0.15) is 0 Å². The summed E-state index contributed by atoms with van der Waals surface area (Å²) in [5, 5.41) is 3.51. The van der Waals surface area contributed by atoms with Gasteiger partial charge in [-0.25, -0.2) is 0 Å². The van der Waals surface area contributed by atoms with Crippen molar-refractivity contribution in [1.82, 2.24) is 5.32 Å². The van der Waals surface area contributed by atoms with Crippen molar-refractivity contribution in [2.45, 2.75) is 58.1 Å². The molecule has 0 spiro atoms. The highest BCUT2D eigenvalue weighted by Gasteiger charge is 2.05. The van der Waals surface area contributed by atoms with Gasteiger partial charge < -0.3 is 15.8 Å². The minimum Gasteiger partial charge on any atom is -0.380 e. The van der Waals surface area contributed by atoms with Crippen molar-refractivity contribution in [3.63, 3.8) is 0 Å². The molecule has 0 rings (SSSR count). The van der Waals surface area contributed by atoms with Crippen molar-refractivity contribution in [3.8, 4) is 0 Å². The van der Waals surface area contributed by atoms with E-state index in [0.717, 1.165) is 13.0 Å². The first-order valence-corrected chi connectivity index (χ1v) is 6.20. The number of unbranched alkanes of at least 4 members (excludes halogenated alkanes) is 2. The second-order valence-electron chi connectivity index (χ2n) is 4.23. The molecule has 0 aromatic heterocycles. The van der Waals surface area contributed by atoms with Crippen molar-refractivity contribution < 1.29 is 4.74 Å². The third kappa shape index (κ3) is 8.85. The van der Waals surface area contributed by atoms with E-state index in [0.29, 0.717) is 12.6 Å². The lowest BCUT2D eigenvalue weighted by atomic mass is 10.1. The number of nitrogens with two attached hydrogens (primary N) is 1. The fourth-order valence-electron chi connectivity index (χ4n) is 1.63. The summed E-state index contributed by atoms with van der Waals surface area (Å²) in [5.41, 5.74) is 5.55. The Morgan fingerprint density at radius 3 is 2.53 bits per heavy atom. The first-order valence-electron chi connectivity index (χ1n) is 6.20. The molecule has 0 saturated heterocycles. The van der Waals surface area contributed by atoms with Crippen LogP contribution in [-0.2, 0) is 4.74 Å². The molecule has 0 bridgehead atoms. The zero-order chi connectivity index (χ0) is 11.5. The molecule has 0 saturated carbocycles. The van der Waals surface area contributed by atoms with Gasteiger partial charge in [-0.1, -0.05) is 26.2 Å². The van der Waals surface area contributed by atoms with Crippen LogP contribution in [0.4, 0.5) is 0 Å². The quantitative estimate of drug-likeness (QED) is 0.548. The average Bonchev–Trinajstić information content (AvgIpc) is 2.25. The monoisotopic (exact) mass is 216 g/mol. The van der Waals surface area contributed by atoms with Crippen LogP contribution >= 0.6 is 0 Å². The molecule has 2 atom stereocenters. The number of hydrogen-bond donors (Lipinski definition) is 2. The van der Waals surface area contributed by atoms with Gasteiger partial charge in [-0.15, -0.1) is 0 Å². The predicted octanol–water partition coefficient (Wildman–Crippen LogP) is 1.91. The van der Waals surface area contributed by atoms with E-state index in [4.69, 9.17) is 10.5 Å². The minimum absolute atomic E-state index is 0.209. The molecule has 0 amide bonds. The van der Waals surface area contributed by atoms with Crippen LogP contribution in [0.15, 0.2) is 0 Å². The molecule has 92 valence electrons. The third-order valence-corrected chi connectivity index (χ3v) is 2.80. The Bertz CT molecular complexity index is 127. The smallest absolute Gasteiger partial charge is 0.0705 e. The Hall–Kier alpha value is -0.120. The highest BCUT2D eigenvalue weighted by Crippen LogP contribution is 2.03. The third-order valence-electron chi connectivity index (χ3n) is 2.80. The number of rotatable bonds is 10. The summed E-state index contributed by atoms with van der Waals surface area (Å²) >= 11 is 0. The zero-order valence-electron chi connectivity index (χ0n) is 10.6. The van der Waals surface area contributed by atoms with Gasteiger partial charge >= 0.3 is 0 Å². The molecule has 0 aliphatic carbocycles. The highest BCUT2D eigenvalue weighted by molar-refractivity contribution is 4.64. The van der Waals surface area contributed by atoms with Gasteiger partial charge in [0.25, 0.3) is 0 Å². The van der Waals surface area contributed by atoms with Crippen molar-refractivity contribution in [1.29, 1.82) is 0 Å². The molecule has 0 aromatic rings. The molecule has 15 heavy (non-hydrogen) atoms. The molecule has 0 aliphatic rings. The van der Waals surface area contributed by atoms with E-state index in [1.807, 2.05) is 0 Å². The van der Waals surface area contributed by atoms with Crippen molar-refractivity contribution >= 4 is 0 Å². The summed E-state index contributed by atoms with van der Waals surface area (Å²) in [4.78, 5) is 0. The first-order chi connectivity index (χ1) is 7.24. The topological polar surface area (TPSA) is 47.3 Å². The highest BCUT2D eigenvalue weighted by atomic mass is 16.5. The van der Waals surface area contributed by atoms with Gasteiger partial charge in [-0.05, 0) is 26.3 Å². The summed E-state index contributed by atoms with van der Waals surface area (Å²) in [7, 11) is 1.72. The Balaban J connectivity index is 3.33. The molecule has 3 nitrogen and oxygen atoms in total.